The summed E-state index contributed by atoms with van der Waals surface area (Å²) in [5.41, 5.74) is 0. The van der Waals surface area contributed by atoms with Crippen molar-refractivity contribution in [3.8, 4) is 0 Å². The van der Waals surface area contributed by atoms with Gasteiger partial charge in [-0.3, -0.25) is 4.79 Å². The molecule has 0 radical (unpaired) electrons. The van der Waals surface area contributed by atoms with E-state index >= 15 is 0 Å². The Kier molecular flexibility index (Phi) is 4.80. The smallest absolute Gasteiger partial charge is 0.233 e. The van der Waals surface area contributed by atoms with Crippen LogP contribution in [0.4, 0.5) is 0 Å². The molecule has 0 aromatic carbocycles. The summed E-state index contributed by atoms with van der Waals surface area (Å²) in [6.07, 6.45) is 7.10. The number of aliphatic hydroxyl groups is 1. The Hall–Kier alpha value is -1.08. The lowest BCUT2D eigenvalue weighted by Crippen LogP contribution is -2.41. The van der Waals surface area contributed by atoms with Crippen molar-refractivity contribution in [3.63, 3.8) is 0 Å². The third-order valence-corrected chi connectivity index (χ3v) is 5.16. The molecule has 21 heavy (non-hydrogen) atoms. The number of aromatic nitrogens is 3. The van der Waals surface area contributed by atoms with Crippen LogP contribution in [0.3, 0.4) is 0 Å². The van der Waals surface area contributed by atoms with E-state index in [0.717, 1.165) is 37.5 Å². The molecule has 2 fully saturated rings. The van der Waals surface area contributed by atoms with Crippen LogP contribution in [0.1, 0.15) is 38.1 Å². The van der Waals surface area contributed by atoms with Crippen molar-refractivity contribution in [2.75, 3.05) is 25.4 Å². The van der Waals surface area contributed by atoms with Gasteiger partial charge in [-0.25, -0.2) is 0 Å². The largest absolute Gasteiger partial charge is 0.396 e. The molecule has 1 N–H and O–H groups in total. The lowest BCUT2D eigenvalue weighted by Gasteiger charge is -2.32. The number of likely N-dealkylation sites (tertiary alicyclic amines) is 1. The predicted molar refractivity (Wildman–Crippen MR) is 80.0 cm³/mol. The highest BCUT2D eigenvalue weighted by Crippen LogP contribution is 2.37. The summed E-state index contributed by atoms with van der Waals surface area (Å²) in [6.45, 7) is 1.85. The highest BCUT2D eigenvalue weighted by molar-refractivity contribution is 7.99. The Morgan fingerprint density at radius 1 is 1.43 bits per heavy atom. The Labute approximate surface area is 128 Å². The number of hydrogen-bond acceptors (Lipinski definition) is 5. The van der Waals surface area contributed by atoms with E-state index in [1.54, 1.807) is 6.33 Å². The number of amides is 1. The van der Waals surface area contributed by atoms with Gasteiger partial charge >= 0.3 is 0 Å². The first-order valence-electron chi connectivity index (χ1n) is 7.69. The van der Waals surface area contributed by atoms with Gasteiger partial charge in [0.2, 0.25) is 5.91 Å². The molecular weight excluding hydrogens is 288 g/mol. The molecule has 1 saturated heterocycles. The second-order valence-corrected chi connectivity index (χ2v) is 6.84. The van der Waals surface area contributed by atoms with Crippen LogP contribution < -0.4 is 0 Å². The van der Waals surface area contributed by atoms with Gasteiger partial charge < -0.3 is 14.6 Å². The fraction of sp³-hybridized carbons (Fsp3) is 0.786. The molecule has 0 bridgehead atoms. The van der Waals surface area contributed by atoms with Gasteiger partial charge in [0.1, 0.15) is 6.33 Å². The first-order valence-corrected chi connectivity index (χ1v) is 8.67. The summed E-state index contributed by atoms with van der Waals surface area (Å²) in [5, 5.41) is 18.0. The van der Waals surface area contributed by atoms with Gasteiger partial charge in [-0.05, 0) is 38.0 Å². The van der Waals surface area contributed by atoms with E-state index in [0.29, 0.717) is 17.7 Å². The lowest BCUT2D eigenvalue weighted by molar-refractivity contribution is -0.130. The fourth-order valence-corrected chi connectivity index (χ4v) is 3.75. The molecule has 2 aliphatic rings. The van der Waals surface area contributed by atoms with Crippen molar-refractivity contribution >= 4 is 17.7 Å². The van der Waals surface area contributed by atoms with Crippen LogP contribution in [-0.4, -0.2) is 56.1 Å². The van der Waals surface area contributed by atoms with Gasteiger partial charge in [0.05, 0.1) is 5.75 Å². The normalized spacial score (nSPS) is 22.5. The second-order valence-electron chi connectivity index (χ2n) is 5.90. The Morgan fingerprint density at radius 2 is 2.29 bits per heavy atom. The van der Waals surface area contributed by atoms with E-state index in [4.69, 9.17) is 5.11 Å². The Bertz CT molecular complexity index is 487. The molecule has 6 nitrogen and oxygen atoms in total. The first-order chi connectivity index (χ1) is 10.3. The van der Waals surface area contributed by atoms with Gasteiger partial charge in [-0.2, -0.15) is 0 Å². The average molecular weight is 310 g/mol. The maximum Gasteiger partial charge on any atom is 0.233 e. The number of aliphatic hydroxyl groups excluding tert-OH is 1. The van der Waals surface area contributed by atoms with Crippen LogP contribution in [0.25, 0.3) is 0 Å². The summed E-state index contributed by atoms with van der Waals surface area (Å²) < 4.78 is 2.09. The predicted octanol–water partition coefficient (Wildman–Crippen LogP) is 1.33. The lowest BCUT2D eigenvalue weighted by atomic mass is 9.95. The van der Waals surface area contributed by atoms with E-state index in [2.05, 4.69) is 14.8 Å². The third-order valence-electron chi connectivity index (χ3n) is 4.21. The van der Waals surface area contributed by atoms with Crippen molar-refractivity contribution in [1.82, 2.24) is 19.7 Å². The zero-order valence-electron chi connectivity index (χ0n) is 12.1. The van der Waals surface area contributed by atoms with Crippen LogP contribution in [0.15, 0.2) is 11.5 Å². The van der Waals surface area contributed by atoms with Crippen LogP contribution >= 0.6 is 11.8 Å². The number of carbonyl (C=O) groups excluding carboxylic acids is 1. The zero-order chi connectivity index (χ0) is 14.7. The highest BCUT2D eigenvalue weighted by Gasteiger charge is 2.27. The first kappa shape index (κ1) is 14.8. The molecule has 1 unspecified atom stereocenters. The standard InChI is InChI=1S/C14H22N4O2S/c19-7-5-11-2-1-6-17(8-11)13(20)9-21-14-16-15-10-18(14)12-3-4-12/h10-12,19H,1-9H2. The molecule has 1 aromatic heterocycles. The van der Waals surface area contributed by atoms with Crippen LogP contribution in [-0.2, 0) is 4.79 Å². The van der Waals surface area contributed by atoms with Gasteiger partial charge in [0, 0.05) is 25.7 Å². The summed E-state index contributed by atoms with van der Waals surface area (Å²) in [4.78, 5) is 14.3. The number of rotatable bonds is 6. The molecule has 1 atom stereocenters. The molecule has 1 saturated carbocycles. The molecule has 1 aliphatic heterocycles. The molecular formula is C14H22N4O2S. The molecule has 1 aromatic rings. The van der Waals surface area contributed by atoms with Gasteiger partial charge in [-0.1, -0.05) is 11.8 Å². The van der Waals surface area contributed by atoms with Gasteiger partial charge in [-0.15, -0.1) is 10.2 Å². The molecule has 0 spiro atoms. The number of hydrogen-bond donors (Lipinski definition) is 1. The quantitative estimate of drug-likeness (QED) is 0.803. The third kappa shape index (κ3) is 3.77. The second kappa shape index (κ2) is 6.79. The van der Waals surface area contributed by atoms with Gasteiger partial charge in [0.15, 0.2) is 5.16 Å². The van der Waals surface area contributed by atoms with E-state index < -0.39 is 0 Å². The maximum atomic E-state index is 12.3. The average Bonchev–Trinajstić information content (AvgIpc) is 3.24. The monoisotopic (exact) mass is 310 g/mol. The summed E-state index contributed by atoms with van der Waals surface area (Å²) in [6, 6.07) is 0.543. The number of thioether (sulfide) groups is 1. The zero-order valence-corrected chi connectivity index (χ0v) is 13.0. The van der Waals surface area contributed by atoms with Crippen LogP contribution in [0.5, 0.6) is 0 Å². The molecule has 1 amide bonds. The molecule has 3 rings (SSSR count). The van der Waals surface area contributed by atoms with E-state index in [1.807, 2.05) is 4.90 Å². The summed E-state index contributed by atoms with van der Waals surface area (Å²) in [7, 11) is 0. The number of carbonyl (C=O) groups is 1. The van der Waals surface area contributed by atoms with Crippen molar-refractivity contribution in [3.05, 3.63) is 6.33 Å². The SMILES string of the molecule is O=C(CSc1nncn1C1CC1)N1CCCC(CCO)C1. The van der Waals surface area contributed by atoms with Crippen molar-refractivity contribution < 1.29 is 9.90 Å². The van der Waals surface area contributed by atoms with Crippen molar-refractivity contribution in [1.29, 1.82) is 0 Å². The van der Waals surface area contributed by atoms with Crippen molar-refractivity contribution in [2.24, 2.45) is 5.92 Å². The Balaban J connectivity index is 1.50. The minimum Gasteiger partial charge on any atom is -0.396 e. The summed E-state index contributed by atoms with van der Waals surface area (Å²) in [5.74, 6) is 1.05. The van der Waals surface area contributed by atoms with Crippen LogP contribution in [0, 0.1) is 5.92 Å². The Morgan fingerprint density at radius 3 is 3.05 bits per heavy atom. The van der Waals surface area contributed by atoms with Crippen molar-refractivity contribution in [2.45, 2.75) is 43.3 Å². The molecule has 1 aliphatic carbocycles. The highest BCUT2D eigenvalue weighted by atomic mass is 32.2. The van der Waals surface area contributed by atoms with Gasteiger partial charge in [0.25, 0.3) is 0 Å². The van der Waals surface area contributed by atoms with Crippen LogP contribution in [0.2, 0.25) is 0 Å². The molecule has 116 valence electrons. The molecule has 2 heterocycles. The van der Waals surface area contributed by atoms with E-state index in [1.165, 1.54) is 24.6 Å². The number of piperidine rings is 1. The van der Waals surface area contributed by atoms with E-state index in [-0.39, 0.29) is 12.5 Å². The topological polar surface area (TPSA) is 71.2 Å². The number of nitrogens with zero attached hydrogens (tertiary/aromatic N) is 4. The minimum absolute atomic E-state index is 0.174. The maximum absolute atomic E-state index is 12.3. The minimum atomic E-state index is 0.174. The molecule has 7 heteroatoms. The van der Waals surface area contributed by atoms with E-state index in [9.17, 15) is 4.79 Å². The fourth-order valence-electron chi connectivity index (χ4n) is 2.87. The summed E-state index contributed by atoms with van der Waals surface area (Å²) >= 11 is 1.49.